The summed E-state index contributed by atoms with van der Waals surface area (Å²) in [6.07, 6.45) is 4.65. The number of hydrogen-bond donors (Lipinski definition) is 0. The second-order valence-electron chi connectivity index (χ2n) is 3.14. The van der Waals surface area contributed by atoms with Gasteiger partial charge in [-0.15, -0.1) is 0 Å². The minimum atomic E-state index is -0.914. The Morgan fingerprint density at radius 2 is 1.58 bits per heavy atom. The number of carboxylic acids is 1. The van der Waals surface area contributed by atoms with E-state index in [1.807, 2.05) is 0 Å². The van der Waals surface area contributed by atoms with Gasteiger partial charge in [0.05, 0.1) is 24.6 Å². The fourth-order valence-electron chi connectivity index (χ4n) is 1.47. The molecule has 0 aliphatic carbocycles. The van der Waals surface area contributed by atoms with E-state index in [1.165, 1.54) is 18.5 Å². The molecule has 2 nitrogen and oxygen atoms in total. The Morgan fingerprint density at radius 3 is 1.83 bits per heavy atom. The molecule has 12 heavy (non-hydrogen) atoms. The molecule has 0 aromatic rings. The summed E-state index contributed by atoms with van der Waals surface area (Å²) < 4.78 is 0. The maximum absolute atomic E-state index is 10.3. The molecular formula is C9H19O2P. The number of rotatable bonds is 6. The van der Waals surface area contributed by atoms with E-state index in [2.05, 4.69) is 20.8 Å². The molecule has 0 bridgehead atoms. The molecule has 0 atom stereocenters. The van der Waals surface area contributed by atoms with E-state index >= 15 is 0 Å². The third kappa shape index (κ3) is 3.53. The molecule has 0 aliphatic rings. The van der Waals surface area contributed by atoms with Crippen LogP contribution in [-0.2, 0) is 4.79 Å². The minimum Gasteiger partial charge on any atom is -0.550 e. The van der Waals surface area contributed by atoms with Crippen LogP contribution in [0.2, 0.25) is 0 Å². The lowest BCUT2D eigenvalue weighted by Gasteiger charge is -2.23. The van der Waals surface area contributed by atoms with Crippen molar-refractivity contribution in [3.63, 3.8) is 0 Å². The molecule has 0 heterocycles. The number of hydrogen-bond acceptors (Lipinski definition) is 2. The molecule has 72 valence electrons. The van der Waals surface area contributed by atoms with Crippen molar-refractivity contribution in [2.24, 2.45) is 0 Å². The van der Waals surface area contributed by atoms with Gasteiger partial charge in [-0.25, -0.2) is 0 Å². The molecular weight excluding hydrogens is 171 g/mol. The molecule has 0 aromatic carbocycles. The Morgan fingerprint density at radius 1 is 1.17 bits per heavy atom. The summed E-state index contributed by atoms with van der Waals surface area (Å²) in [5.74, 6) is -0.894. The summed E-state index contributed by atoms with van der Waals surface area (Å²) in [5, 5.41) is 10.3. The molecule has 0 amide bonds. The summed E-state index contributed by atoms with van der Waals surface area (Å²) in [4.78, 5) is 10.3. The monoisotopic (exact) mass is 190 g/mol. The lowest BCUT2D eigenvalue weighted by Crippen LogP contribution is -2.24. The Bertz CT molecular complexity index is 133. The standard InChI is InChI=1S/C9H19O2P/c1-4-12(5-2,6-3)8-7-9(10)11/h4-8H2,1-3H3. The molecule has 0 saturated carbocycles. The molecule has 0 fully saturated rings. The van der Waals surface area contributed by atoms with Gasteiger partial charge in [-0.3, -0.25) is 0 Å². The van der Waals surface area contributed by atoms with Gasteiger partial charge in [-0.2, -0.15) is 0 Å². The Labute approximate surface area is 75.7 Å². The summed E-state index contributed by atoms with van der Waals surface area (Å²) >= 11 is 0. The van der Waals surface area contributed by atoms with Crippen LogP contribution in [0.1, 0.15) is 27.2 Å². The first-order chi connectivity index (χ1) is 5.60. The normalized spacial score (nSPS) is 11.6. The third-order valence-electron chi connectivity index (χ3n) is 2.80. The van der Waals surface area contributed by atoms with Gasteiger partial charge in [-0.1, -0.05) is 0 Å². The van der Waals surface area contributed by atoms with Crippen molar-refractivity contribution in [2.75, 3.05) is 24.6 Å². The van der Waals surface area contributed by atoms with Crippen LogP contribution >= 0.6 is 7.26 Å². The van der Waals surface area contributed by atoms with Gasteiger partial charge >= 0.3 is 0 Å². The Hall–Kier alpha value is -0.100. The van der Waals surface area contributed by atoms with Crippen molar-refractivity contribution in [3.8, 4) is 0 Å². The first kappa shape index (κ1) is 11.9. The van der Waals surface area contributed by atoms with Crippen molar-refractivity contribution in [2.45, 2.75) is 27.2 Å². The zero-order valence-electron chi connectivity index (χ0n) is 8.30. The van der Waals surface area contributed by atoms with Gasteiger partial charge in [0, 0.05) is 19.7 Å². The minimum absolute atomic E-state index is 0.253. The van der Waals surface area contributed by atoms with Gasteiger partial charge in [0.25, 0.3) is 0 Å². The van der Waals surface area contributed by atoms with Crippen molar-refractivity contribution in [1.29, 1.82) is 0 Å². The predicted molar refractivity (Wildman–Crippen MR) is 53.0 cm³/mol. The number of aliphatic carboxylic acids is 1. The zero-order chi connectivity index (χ0) is 9.61. The molecule has 0 aromatic heterocycles. The third-order valence-corrected chi connectivity index (χ3v) is 8.00. The molecule has 0 aliphatic heterocycles. The number of carboxylic acid groups (broad SMARTS) is 1. The first-order valence-electron chi connectivity index (χ1n) is 4.65. The van der Waals surface area contributed by atoms with Crippen LogP contribution in [-0.4, -0.2) is 30.6 Å². The van der Waals surface area contributed by atoms with E-state index in [0.29, 0.717) is 0 Å². The Kier molecular flexibility index (Phi) is 5.48. The van der Waals surface area contributed by atoms with Crippen LogP contribution in [0.3, 0.4) is 0 Å². The van der Waals surface area contributed by atoms with E-state index in [9.17, 15) is 9.90 Å². The molecule has 0 radical (unpaired) electrons. The SMILES string of the molecule is CC[P+](CC)(CC)CCC(=O)[O-]. The average molecular weight is 190 g/mol. The largest absolute Gasteiger partial charge is 0.550 e. The summed E-state index contributed by atoms with van der Waals surface area (Å²) in [6.45, 7) is 6.53. The summed E-state index contributed by atoms with van der Waals surface area (Å²) in [5.41, 5.74) is 0. The lowest BCUT2D eigenvalue weighted by atomic mass is 10.5. The van der Waals surface area contributed by atoms with Gasteiger partial charge in [-0.05, 0) is 20.8 Å². The molecule has 0 N–H and O–H groups in total. The molecule has 0 saturated heterocycles. The van der Waals surface area contributed by atoms with E-state index in [0.717, 1.165) is 6.16 Å². The summed E-state index contributed by atoms with van der Waals surface area (Å²) in [7, 11) is -0.914. The van der Waals surface area contributed by atoms with Crippen LogP contribution in [0.5, 0.6) is 0 Å². The maximum atomic E-state index is 10.3. The smallest absolute Gasteiger partial charge is 0.0646 e. The highest BCUT2D eigenvalue weighted by atomic mass is 31.2. The fourth-order valence-corrected chi connectivity index (χ4v) is 4.42. The first-order valence-corrected chi connectivity index (χ1v) is 7.18. The van der Waals surface area contributed by atoms with E-state index in [4.69, 9.17) is 0 Å². The van der Waals surface area contributed by atoms with E-state index in [-0.39, 0.29) is 6.42 Å². The molecule has 0 unspecified atom stereocenters. The van der Waals surface area contributed by atoms with Crippen LogP contribution < -0.4 is 5.11 Å². The number of carbonyl (C=O) groups is 1. The van der Waals surface area contributed by atoms with Gasteiger partial charge in [0.15, 0.2) is 0 Å². The highest BCUT2D eigenvalue weighted by Gasteiger charge is 2.30. The van der Waals surface area contributed by atoms with Gasteiger partial charge in [0.1, 0.15) is 0 Å². The van der Waals surface area contributed by atoms with Crippen molar-refractivity contribution >= 4 is 13.2 Å². The van der Waals surface area contributed by atoms with Gasteiger partial charge < -0.3 is 9.90 Å². The molecule has 0 rings (SSSR count). The second-order valence-corrected chi connectivity index (χ2v) is 8.16. The van der Waals surface area contributed by atoms with Gasteiger partial charge in [0.2, 0.25) is 0 Å². The van der Waals surface area contributed by atoms with Crippen LogP contribution in [0.25, 0.3) is 0 Å². The van der Waals surface area contributed by atoms with Crippen LogP contribution in [0.4, 0.5) is 0 Å². The molecule has 3 heteroatoms. The van der Waals surface area contributed by atoms with Crippen molar-refractivity contribution in [1.82, 2.24) is 0 Å². The maximum Gasteiger partial charge on any atom is 0.0646 e. The average Bonchev–Trinajstić information content (AvgIpc) is 2.08. The van der Waals surface area contributed by atoms with Crippen LogP contribution in [0.15, 0.2) is 0 Å². The highest BCUT2D eigenvalue weighted by Crippen LogP contribution is 2.57. The zero-order valence-corrected chi connectivity index (χ0v) is 9.19. The molecule has 0 spiro atoms. The summed E-state index contributed by atoms with van der Waals surface area (Å²) in [6, 6.07) is 0. The quantitative estimate of drug-likeness (QED) is 0.590. The number of carbonyl (C=O) groups excluding carboxylic acids is 1. The Balaban J connectivity index is 4.01. The highest BCUT2D eigenvalue weighted by molar-refractivity contribution is 7.75. The van der Waals surface area contributed by atoms with Crippen molar-refractivity contribution < 1.29 is 9.90 Å². The topological polar surface area (TPSA) is 40.1 Å². The fraction of sp³-hybridized carbons (Fsp3) is 0.889. The second kappa shape index (κ2) is 5.53. The lowest BCUT2D eigenvalue weighted by molar-refractivity contribution is -0.305. The van der Waals surface area contributed by atoms with E-state index < -0.39 is 13.2 Å². The van der Waals surface area contributed by atoms with E-state index in [1.54, 1.807) is 0 Å². The van der Waals surface area contributed by atoms with Crippen LogP contribution in [0, 0.1) is 0 Å². The van der Waals surface area contributed by atoms with Crippen molar-refractivity contribution in [3.05, 3.63) is 0 Å². The predicted octanol–water partition coefficient (Wildman–Crippen LogP) is 1.20.